The van der Waals surface area contributed by atoms with Gasteiger partial charge in [-0.25, -0.2) is 15.0 Å². The van der Waals surface area contributed by atoms with Gasteiger partial charge in [-0.3, -0.25) is 0 Å². The molecule has 1 aromatic carbocycles. The van der Waals surface area contributed by atoms with Crippen LogP contribution in [0.25, 0.3) is 22.6 Å². The third-order valence-electron chi connectivity index (χ3n) is 6.64. The van der Waals surface area contributed by atoms with Crippen LogP contribution in [0.5, 0.6) is 11.6 Å². The van der Waals surface area contributed by atoms with Crippen molar-refractivity contribution in [3.63, 3.8) is 0 Å². The van der Waals surface area contributed by atoms with Crippen LogP contribution in [0.2, 0.25) is 0 Å². The summed E-state index contributed by atoms with van der Waals surface area (Å²) in [5.74, 6) is 0.0736. The lowest BCUT2D eigenvalue weighted by Crippen LogP contribution is -2.47. The van der Waals surface area contributed by atoms with Crippen molar-refractivity contribution in [2.24, 2.45) is 0 Å². The third-order valence-corrected chi connectivity index (χ3v) is 6.64. The predicted molar refractivity (Wildman–Crippen MR) is 121 cm³/mol. The molecule has 2 aromatic heterocycles. The summed E-state index contributed by atoms with van der Waals surface area (Å²) in [6, 6.07) is 5.96. The first-order chi connectivity index (χ1) is 16.7. The van der Waals surface area contributed by atoms with Crippen molar-refractivity contribution in [3.8, 4) is 34.3 Å². The fraction of sp³-hybridized carbons (Fsp3) is 0.435. The van der Waals surface area contributed by atoms with E-state index in [0.717, 1.165) is 26.1 Å². The zero-order chi connectivity index (χ0) is 24.7. The molecule has 2 N–H and O–H groups in total. The molecule has 0 aliphatic carbocycles. The van der Waals surface area contributed by atoms with Crippen molar-refractivity contribution < 1.29 is 23.0 Å². The standard InChI is InChI=1S/C23H24F3N7O2/c1-33(15-8-13-4-5-14(9-15)29-13)19-11-28-21(32-31-19)16-6-3-12(7-18(16)34)17-10-27-20(23(24,25)26)22(30-17)35-2/h3,6-7,10-11,13-15,29,34H,4-5,8-9H2,1-2H3/t13-,14+,15?. The van der Waals surface area contributed by atoms with E-state index in [0.29, 0.717) is 35.1 Å². The molecule has 0 spiro atoms. The number of alkyl halides is 3. The Balaban J connectivity index is 1.35. The number of hydrogen-bond donors (Lipinski definition) is 2. The molecule has 3 atom stereocenters. The molecule has 184 valence electrons. The maximum atomic E-state index is 13.0. The number of phenolic OH excluding ortho intramolecular Hbond substituents is 1. The highest BCUT2D eigenvalue weighted by atomic mass is 19.4. The lowest BCUT2D eigenvalue weighted by atomic mass is 9.99. The van der Waals surface area contributed by atoms with E-state index in [1.165, 1.54) is 18.9 Å². The lowest BCUT2D eigenvalue weighted by Gasteiger charge is -2.35. The van der Waals surface area contributed by atoms with Crippen molar-refractivity contribution in [1.29, 1.82) is 0 Å². The minimum Gasteiger partial charge on any atom is -0.507 e. The number of nitrogens with one attached hydrogen (secondary N) is 1. The molecule has 0 radical (unpaired) electrons. The molecule has 12 heteroatoms. The maximum absolute atomic E-state index is 13.0. The number of hydrogen-bond acceptors (Lipinski definition) is 9. The van der Waals surface area contributed by atoms with Gasteiger partial charge >= 0.3 is 6.18 Å². The number of anilines is 1. The quantitative estimate of drug-likeness (QED) is 0.559. The van der Waals surface area contributed by atoms with E-state index in [4.69, 9.17) is 4.74 Å². The molecule has 9 nitrogen and oxygen atoms in total. The Morgan fingerprint density at radius 3 is 2.43 bits per heavy atom. The Kier molecular flexibility index (Phi) is 5.91. The number of phenols is 1. The summed E-state index contributed by atoms with van der Waals surface area (Å²) in [7, 11) is 3.08. The van der Waals surface area contributed by atoms with Crippen molar-refractivity contribution in [1.82, 2.24) is 30.5 Å². The van der Waals surface area contributed by atoms with Crippen molar-refractivity contribution in [2.75, 3.05) is 19.1 Å². The van der Waals surface area contributed by atoms with Crippen LogP contribution in [-0.2, 0) is 6.18 Å². The van der Waals surface area contributed by atoms with E-state index in [1.54, 1.807) is 18.3 Å². The SMILES string of the molecule is COc1nc(-c2ccc(-c3ncc(N(C)C4C[C@H]5CC[C@@H](C4)N5)nn3)c(O)c2)cnc1C(F)(F)F. The van der Waals surface area contributed by atoms with Gasteiger partial charge in [-0.15, -0.1) is 10.2 Å². The smallest absolute Gasteiger partial charge is 0.438 e. The van der Waals surface area contributed by atoms with E-state index >= 15 is 0 Å². The fourth-order valence-electron chi connectivity index (χ4n) is 4.81. The second-order valence-corrected chi connectivity index (χ2v) is 8.86. The van der Waals surface area contributed by atoms with Gasteiger partial charge in [-0.1, -0.05) is 6.07 Å². The highest BCUT2D eigenvalue weighted by molar-refractivity contribution is 5.71. The molecule has 1 unspecified atom stereocenters. The van der Waals surface area contributed by atoms with Gasteiger partial charge in [0, 0.05) is 30.7 Å². The van der Waals surface area contributed by atoms with Gasteiger partial charge in [-0.2, -0.15) is 13.2 Å². The zero-order valence-corrected chi connectivity index (χ0v) is 19.1. The van der Waals surface area contributed by atoms with Crippen LogP contribution in [0.15, 0.2) is 30.6 Å². The number of aromatic nitrogens is 5. The third kappa shape index (κ3) is 4.57. The minimum atomic E-state index is -4.69. The molecule has 0 amide bonds. The Morgan fingerprint density at radius 1 is 1.09 bits per heavy atom. The van der Waals surface area contributed by atoms with E-state index in [2.05, 4.69) is 35.4 Å². The largest absolute Gasteiger partial charge is 0.507 e. The number of aromatic hydroxyl groups is 1. The summed E-state index contributed by atoms with van der Waals surface area (Å²) < 4.78 is 43.9. The number of ether oxygens (including phenoxy) is 1. The monoisotopic (exact) mass is 487 g/mol. The number of rotatable bonds is 5. The first kappa shape index (κ1) is 23.2. The van der Waals surface area contributed by atoms with E-state index in [9.17, 15) is 18.3 Å². The van der Waals surface area contributed by atoms with Crippen molar-refractivity contribution >= 4 is 5.82 Å². The van der Waals surface area contributed by atoms with Crippen LogP contribution >= 0.6 is 0 Å². The number of piperidine rings is 1. The van der Waals surface area contributed by atoms with Crippen LogP contribution in [0.3, 0.4) is 0 Å². The average Bonchev–Trinajstić information content (AvgIpc) is 3.19. The second kappa shape index (κ2) is 8.91. The summed E-state index contributed by atoms with van der Waals surface area (Å²) >= 11 is 0. The molecular weight excluding hydrogens is 463 g/mol. The molecule has 2 aliphatic rings. The van der Waals surface area contributed by atoms with E-state index < -0.39 is 17.8 Å². The first-order valence-electron chi connectivity index (χ1n) is 11.2. The summed E-state index contributed by atoms with van der Waals surface area (Å²) in [5.41, 5.74) is -0.409. The molecule has 2 bridgehead atoms. The normalized spacial score (nSPS) is 21.7. The summed E-state index contributed by atoms with van der Waals surface area (Å²) in [6.45, 7) is 0. The molecule has 3 aromatic rings. The van der Waals surface area contributed by atoms with Crippen molar-refractivity contribution in [2.45, 2.75) is 50.0 Å². The molecule has 4 heterocycles. The fourth-order valence-corrected chi connectivity index (χ4v) is 4.81. The van der Waals surface area contributed by atoms with Crippen LogP contribution in [-0.4, -0.2) is 62.5 Å². The topological polar surface area (TPSA) is 109 Å². The van der Waals surface area contributed by atoms with Gasteiger partial charge in [0.05, 0.1) is 30.8 Å². The van der Waals surface area contributed by atoms with Crippen LogP contribution < -0.4 is 15.0 Å². The Morgan fingerprint density at radius 2 is 1.83 bits per heavy atom. The highest BCUT2D eigenvalue weighted by Crippen LogP contribution is 2.36. The molecule has 2 saturated heterocycles. The van der Waals surface area contributed by atoms with Crippen molar-refractivity contribution in [3.05, 3.63) is 36.3 Å². The molecule has 5 rings (SSSR count). The molecular formula is C23H24F3N7O2. The van der Waals surface area contributed by atoms with Gasteiger partial charge in [0.1, 0.15) is 5.75 Å². The molecule has 35 heavy (non-hydrogen) atoms. The van der Waals surface area contributed by atoms with Gasteiger partial charge in [0.25, 0.3) is 0 Å². The van der Waals surface area contributed by atoms with Crippen LogP contribution in [0.4, 0.5) is 19.0 Å². The average molecular weight is 487 g/mol. The first-order valence-corrected chi connectivity index (χ1v) is 11.2. The predicted octanol–water partition coefficient (Wildman–Crippen LogP) is 3.45. The summed E-state index contributed by atoms with van der Waals surface area (Å²) in [6.07, 6.45) is 2.44. The van der Waals surface area contributed by atoms with E-state index in [1.807, 2.05) is 7.05 Å². The van der Waals surface area contributed by atoms with E-state index in [-0.39, 0.29) is 17.3 Å². The number of fused-ring (bicyclic) bond motifs is 2. The van der Waals surface area contributed by atoms with Gasteiger partial charge in [-0.05, 0) is 37.8 Å². The van der Waals surface area contributed by atoms with Gasteiger partial charge in [0.15, 0.2) is 11.6 Å². The highest BCUT2D eigenvalue weighted by Gasteiger charge is 2.38. The number of halogens is 3. The molecule has 0 saturated carbocycles. The van der Waals surface area contributed by atoms with Gasteiger partial charge in [0.2, 0.25) is 11.6 Å². The molecule has 2 fully saturated rings. The van der Waals surface area contributed by atoms with Crippen LogP contribution in [0.1, 0.15) is 31.4 Å². The lowest BCUT2D eigenvalue weighted by molar-refractivity contribution is -0.142. The maximum Gasteiger partial charge on any atom is 0.438 e. The summed E-state index contributed by atoms with van der Waals surface area (Å²) in [4.78, 5) is 13.8. The number of methoxy groups -OCH3 is 1. The van der Waals surface area contributed by atoms with Gasteiger partial charge < -0.3 is 20.1 Å². The Hall–Kier alpha value is -3.54. The summed E-state index contributed by atoms with van der Waals surface area (Å²) in [5, 5.41) is 22.7. The Labute approximate surface area is 199 Å². The Bertz CT molecular complexity index is 1210. The minimum absolute atomic E-state index is 0.114. The number of benzene rings is 1. The zero-order valence-electron chi connectivity index (χ0n) is 19.1. The number of nitrogens with zero attached hydrogens (tertiary/aromatic N) is 6. The second-order valence-electron chi connectivity index (χ2n) is 8.86. The van der Waals surface area contributed by atoms with Crippen LogP contribution in [0, 0.1) is 0 Å². The molecule has 2 aliphatic heterocycles.